The van der Waals surface area contributed by atoms with Gasteiger partial charge in [-0.05, 0) is 149 Å². The highest BCUT2D eigenvalue weighted by molar-refractivity contribution is 6.34. The summed E-state index contributed by atoms with van der Waals surface area (Å²) in [6.45, 7) is 15.5. The fourth-order valence-electron chi connectivity index (χ4n) is 10.9. The first-order valence-corrected chi connectivity index (χ1v) is 29.1. The minimum absolute atomic E-state index is 0.0613. The molecular weight excluding hydrogens is 1120 g/mol. The largest absolute Gasteiger partial charge is 0.480 e. The smallest absolute Gasteiger partial charge is 0.410 e. The summed E-state index contributed by atoms with van der Waals surface area (Å²) in [5.41, 5.74) is 13.1. The van der Waals surface area contributed by atoms with E-state index in [1.807, 2.05) is 117 Å². The number of carbonyl (C=O) groups excluding carboxylic acids is 5. The maximum Gasteiger partial charge on any atom is 0.410 e. The number of rotatable bonds is 9. The van der Waals surface area contributed by atoms with Gasteiger partial charge in [0.1, 0.15) is 35.5 Å². The molecule has 6 aromatic carbocycles. The van der Waals surface area contributed by atoms with Crippen LogP contribution in [0, 0.1) is 13.8 Å². The van der Waals surface area contributed by atoms with E-state index in [1.54, 1.807) is 64.6 Å². The lowest BCUT2D eigenvalue weighted by atomic mass is 9.86. The summed E-state index contributed by atoms with van der Waals surface area (Å²) in [6.07, 6.45) is -1.97. The van der Waals surface area contributed by atoms with E-state index in [9.17, 15) is 33.9 Å². The number of benzene rings is 6. The zero-order valence-electron chi connectivity index (χ0n) is 49.2. The Bertz CT molecular complexity index is 3340. The van der Waals surface area contributed by atoms with Crippen molar-refractivity contribution >= 4 is 70.8 Å². The molecule has 2 saturated heterocycles. The van der Waals surface area contributed by atoms with Gasteiger partial charge in [-0.15, -0.1) is 0 Å². The van der Waals surface area contributed by atoms with Crippen LogP contribution in [0.3, 0.4) is 0 Å². The molecule has 2 aliphatic carbocycles. The van der Waals surface area contributed by atoms with E-state index in [0.717, 1.165) is 55.6 Å². The number of carboxylic acid groups (broad SMARTS) is 1. The molecule has 0 saturated carbocycles. The van der Waals surface area contributed by atoms with Gasteiger partial charge in [0, 0.05) is 38.0 Å². The predicted octanol–water partition coefficient (Wildman–Crippen LogP) is 13.5. The molecule has 10 rings (SSSR count). The second-order valence-corrected chi connectivity index (χ2v) is 24.4. The summed E-state index contributed by atoms with van der Waals surface area (Å²) in [6, 6.07) is 43.2. The molecule has 0 aromatic heterocycles. The Morgan fingerprint density at radius 2 is 0.882 bits per heavy atom. The number of fused-ring (bicyclic) bond motifs is 6. The molecule has 6 N–H and O–H groups in total. The Morgan fingerprint density at radius 1 is 0.529 bits per heavy atom. The Morgan fingerprint density at radius 3 is 1.25 bits per heavy atom. The number of ether oxygens (including phenoxy) is 4. The molecule has 448 valence electrons. The number of nitrogens with two attached hydrogens (primary N) is 1. The molecule has 4 aliphatic rings. The molecular formula is C66H74Cl2N6O11. The normalized spacial score (nSPS) is 15.6. The maximum absolute atomic E-state index is 13.8. The quantitative estimate of drug-likeness (QED) is 0.0673. The van der Waals surface area contributed by atoms with E-state index in [-0.39, 0.29) is 76.9 Å². The molecule has 2 heterocycles. The van der Waals surface area contributed by atoms with E-state index >= 15 is 0 Å². The standard InChI is InChI=1S/C33H36ClN3O5.C26H30N2O6.C7H8ClN/c1-21-10-9-15-27(28(21)34)35-29(38)33(16-18-37(19-17-33)31(40)42-32(2,3)4)36-30(39)41-20-26-24-13-7-5-11-22(24)23-12-6-8-14-25(23)26;1-25(2,3)34-24(32)28-14-12-26(13-15-28,22(29)30)27-23(31)33-16-21-19-10-6-4-8-17(19)18-9-5-7-11-20(18)21;1-5-3-2-4-6(9)7(5)8/h5-15,26H,16-20H2,1-4H3,(H,35,38)(H,36,39);4-11,21H,12-16H2,1-3H3,(H,27,31)(H,29,30);2-4H,9H2,1H3. The molecule has 85 heavy (non-hydrogen) atoms. The lowest BCUT2D eigenvalue weighted by molar-refractivity contribution is -0.146. The number of hydrogen-bond donors (Lipinski definition) is 5. The second kappa shape index (κ2) is 26.3. The molecule has 6 aromatic rings. The zero-order chi connectivity index (χ0) is 61.4. The number of halogens is 2. The van der Waals surface area contributed by atoms with Crippen molar-refractivity contribution in [2.75, 3.05) is 50.4 Å². The number of nitrogens with one attached hydrogen (secondary N) is 3. The van der Waals surface area contributed by atoms with Gasteiger partial charge in [-0.2, -0.15) is 0 Å². The van der Waals surface area contributed by atoms with E-state index < -0.39 is 58.5 Å². The van der Waals surface area contributed by atoms with Crippen LogP contribution in [0.1, 0.15) is 112 Å². The van der Waals surface area contributed by atoms with Crippen LogP contribution in [0.5, 0.6) is 0 Å². The molecule has 2 fully saturated rings. The predicted molar refractivity (Wildman–Crippen MR) is 329 cm³/mol. The molecule has 5 amide bonds. The number of carbonyl (C=O) groups is 6. The average Bonchev–Trinajstić information content (AvgIpc) is 2.24. The minimum Gasteiger partial charge on any atom is -0.480 e. The van der Waals surface area contributed by atoms with E-state index in [1.165, 1.54) is 4.90 Å². The highest BCUT2D eigenvalue weighted by Gasteiger charge is 2.47. The maximum atomic E-state index is 13.8. The molecule has 0 atom stereocenters. The number of likely N-dealkylation sites (tertiary alicyclic amines) is 2. The summed E-state index contributed by atoms with van der Waals surface area (Å²) in [5.74, 6) is -1.81. The van der Waals surface area contributed by atoms with Crippen molar-refractivity contribution in [3.8, 4) is 22.3 Å². The van der Waals surface area contributed by atoms with Crippen LogP contribution in [-0.2, 0) is 28.5 Å². The number of hydrogen-bond acceptors (Lipinski definition) is 11. The summed E-state index contributed by atoms with van der Waals surface area (Å²) >= 11 is 12.2. The van der Waals surface area contributed by atoms with Crippen LogP contribution in [-0.4, -0.2) is 113 Å². The third-order valence-electron chi connectivity index (χ3n) is 15.4. The summed E-state index contributed by atoms with van der Waals surface area (Å²) < 4.78 is 22.2. The average molecular weight is 1200 g/mol. The number of amides is 5. The van der Waals surface area contributed by atoms with Crippen molar-refractivity contribution in [2.45, 2.75) is 115 Å². The van der Waals surface area contributed by atoms with E-state index in [4.69, 9.17) is 47.9 Å². The van der Waals surface area contributed by atoms with Crippen molar-refractivity contribution in [1.82, 2.24) is 20.4 Å². The van der Waals surface area contributed by atoms with Crippen molar-refractivity contribution in [3.63, 3.8) is 0 Å². The first-order chi connectivity index (χ1) is 40.3. The van der Waals surface area contributed by atoms with E-state index in [0.29, 0.717) is 21.4 Å². The third-order valence-corrected chi connectivity index (χ3v) is 16.4. The molecule has 2 aliphatic heterocycles. The van der Waals surface area contributed by atoms with Crippen LogP contribution in [0.25, 0.3) is 22.3 Å². The van der Waals surface area contributed by atoms with E-state index in [2.05, 4.69) is 28.1 Å². The van der Waals surface area contributed by atoms with Crippen molar-refractivity contribution in [1.29, 1.82) is 0 Å². The van der Waals surface area contributed by atoms with Crippen LogP contribution < -0.4 is 21.7 Å². The van der Waals surface area contributed by atoms with Crippen LogP contribution in [0.15, 0.2) is 133 Å². The number of carboxylic acids is 1. The first kappa shape index (κ1) is 62.8. The second-order valence-electron chi connectivity index (χ2n) is 23.7. The van der Waals surface area contributed by atoms with Gasteiger partial charge in [-0.25, -0.2) is 24.0 Å². The lowest BCUT2D eigenvalue weighted by Gasteiger charge is -2.41. The minimum atomic E-state index is -1.50. The number of aliphatic carboxylic acids is 1. The molecule has 0 radical (unpaired) electrons. The van der Waals surface area contributed by atoms with Gasteiger partial charge in [0.05, 0.1) is 21.4 Å². The van der Waals surface area contributed by atoms with Gasteiger partial charge >= 0.3 is 30.3 Å². The van der Waals surface area contributed by atoms with Crippen LogP contribution in [0.2, 0.25) is 10.0 Å². The Labute approximate surface area is 506 Å². The summed E-state index contributed by atoms with van der Waals surface area (Å²) in [5, 5.41) is 19.3. The van der Waals surface area contributed by atoms with Gasteiger partial charge in [0.2, 0.25) is 5.91 Å². The number of anilines is 2. The fraction of sp³-hybridized carbons (Fsp3) is 0.364. The van der Waals surface area contributed by atoms with Crippen LogP contribution in [0.4, 0.5) is 30.6 Å². The number of alkyl carbamates (subject to hydrolysis) is 2. The van der Waals surface area contributed by atoms with Crippen LogP contribution >= 0.6 is 23.2 Å². The Kier molecular flexibility index (Phi) is 19.4. The molecule has 0 unspecified atom stereocenters. The highest BCUT2D eigenvalue weighted by atomic mass is 35.5. The van der Waals surface area contributed by atoms with Crippen molar-refractivity contribution in [2.24, 2.45) is 0 Å². The highest BCUT2D eigenvalue weighted by Crippen LogP contribution is 2.46. The zero-order valence-corrected chi connectivity index (χ0v) is 50.7. The number of aryl methyl sites for hydroxylation is 2. The number of nitrogen functional groups attached to an aromatic ring is 1. The van der Waals surface area contributed by atoms with Gasteiger partial charge < -0.3 is 55.5 Å². The van der Waals surface area contributed by atoms with Crippen molar-refractivity contribution < 1.29 is 52.8 Å². The van der Waals surface area contributed by atoms with Gasteiger partial charge in [-0.3, -0.25) is 4.79 Å². The molecule has 19 heteroatoms. The summed E-state index contributed by atoms with van der Waals surface area (Å²) in [4.78, 5) is 80.0. The van der Waals surface area contributed by atoms with Gasteiger partial charge in [0.15, 0.2) is 0 Å². The Balaban J connectivity index is 0.000000196. The molecule has 0 bridgehead atoms. The summed E-state index contributed by atoms with van der Waals surface area (Å²) in [7, 11) is 0. The lowest BCUT2D eigenvalue weighted by Crippen LogP contribution is -2.62. The fourth-order valence-corrected chi connectivity index (χ4v) is 11.2. The first-order valence-electron chi connectivity index (χ1n) is 28.3. The third kappa shape index (κ3) is 15.0. The monoisotopic (exact) mass is 1200 g/mol. The molecule has 0 spiro atoms. The van der Waals surface area contributed by atoms with Gasteiger partial charge in [-0.1, -0.05) is 145 Å². The number of piperidine rings is 2. The Hall–Kier alpha value is -8.28. The SMILES string of the molecule is CC(C)(C)OC(=O)N1CCC(NC(=O)OCC2c3ccccc3-c3ccccc32)(C(=O)O)CC1.Cc1cccc(N)c1Cl.Cc1cccc(NC(=O)C2(NC(=O)OCC3c4ccccc4-c4ccccc43)CCN(C(=O)OC(C)(C)C)CC2)c1Cl. The topological polar surface area (TPSA) is 228 Å². The van der Waals surface area contributed by atoms with Crippen molar-refractivity contribution in [3.05, 3.63) is 177 Å². The number of nitrogens with zero attached hydrogens (tertiary/aromatic N) is 2. The molecule has 17 nitrogen and oxygen atoms in total. The van der Waals surface area contributed by atoms with Gasteiger partial charge in [0.25, 0.3) is 0 Å².